The van der Waals surface area contributed by atoms with Crippen LogP contribution in [0.3, 0.4) is 0 Å². The zero-order valence-corrected chi connectivity index (χ0v) is 22.4. The number of ether oxygens (including phenoxy) is 2. The summed E-state index contributed by atoms with van der Waals surface area (Å²) < 4.78 is 11.7. The van der Waals surface area contributed by atoms with Crippen LogP contribution in [0.2, 0.25) is 0 Å². The Bertz CT molecular complexity index is 943. The predicted molar refractivity (Wildman–Crippen MR) is 138 cm³/mol. The monoisotopic (exact) mass is 466 g/mol. The molecular weight excluding hydrogens is 424 g/mol. The highest BCUT2D eigenvalue weighted by atomic mass is 16.6. The quantitative estimate of drug-likeness (QED) is 0.378. The van der Waals surface area contributed by atoms with Gasteiger partial charge >= 0.3 is 11.9 Å². The summed E-state index contributed by atoms with van der Waals surface area (Å²) in [6, 6.07) is 15.2. The van der Waals surface area contributed by atoms with Crippen molar-refractivity contribution < 1.29 is 19.1 Å². The molecule has 2 aromatic carbocycles. The van der Waals surface area contributed by atoms with Gasteiger partial charge in [-0.2, -0.15) is 0 Å². The van der Waals surface area contributed by atoms with Crippen molar-refractivity contribution in [2.45, 2.75) is 98.2 Å². The van der Waals surface area contributed by atoms with Crippen LogP contribution in [0, 0.1) is 5.92 Å². The van der Waals surface area contributed by atoms with Gasteiger partial charge in [-0.05, 0) is 66.0 Å². The highest BCUT2D eigenvalue weighted by Crippen LogP contribution is 2.26. The van der Waals surface area contributed by atoms with Crippen LogP contribution in [-0.2, 0) is 20.3 Å². The van der Waals surface area contributed by atoms with Gasteiger partial charge in [0.25, 0.3) is 0 Å². The largest absolute Gasteiger partial charge is 0.459 e. The summed E-state index contributed by atoms with van der Waals surface area (Å²) in [5, 5.41) is 0. The van der Waals surface area contributed by atoms with Crippen molar-refractivity contribution in [2.75, 3.05) is 0 Å². The third kappa shape index (κ3) is 7.19. The Morgan fingerprint density at radius 1 is 0.676 bits per heavy atom. The van der Waals surface area contributed by atoms with Crippen molar-refractivity contribution in [1.82, 2.24) is 0 Å². The molecule has 0 aliphatic rings. The van der Waals surface area contributed by atoms with E-state index in [9.17, 15) is 9.59 Å². The standard InChI is InChI=1S/C30H42O4/c1-10-25(20(3)33-27(31)21-12-16-23(17-13-21)29(4,5)6)26(11-2)34-28(32)22-14-18-24(19-15-22)30(7,8)9/h12-20,25-26H,10-11H2,1-9H3. The molecule has 3 unspecified atom stereocenters. The lowest BCUT2D eigenvalue weighted by atomic mass is 9.87. The normalized spacial score (nSPS) is 14.7. The van der Waals surface area contributed by atoms with Crippen molar-refractivity contribution in [3.8, 4) is 0 Å². The summed E-state index contributed by atoms with van der Waals surface area (Å²) in [6.45, 7) is 18.7. The molecule has 0 fully saturated rings. The SMILES string of the molecule is CCC(OC(=O)c1ccc(C(C)(C)C)cc1)C(CC)C(C)OC(=O)c1ccc(C(C)(C)C)cc1. The Kier molecular flexibility index (Phi) is 9.10. The number of carbonyl (C=O) groups excluding carboxylic acids is 2. The second-order valence-corrected chi connectivity index (χ2v) is 11.2. The minimum Gasteiger partial charge on any atom is -0.459 e. The summed E-state index contributed by atoms with van der Waals surface area (Å²) >= 11 is 0. The van der Waals surface area contributed by atoms with Gasteiger partial charge in [0.2, 0.25) is 0 Å². The minimum absolute atomic E-state index is 0.0219. The van der Waals surface area contributed by atoms with Gasteiger partial charge in [0.15, 0.2) is 0 Å². The van der Waals surface area contributed by atoms with E-state index in [2.05, 4.69) is 41.5 Å². The third-order valence-corrected chi connectivity index (χ3v) is 6.48. The molecule has 0 N–H and O–H groups in total. The summed E-state index contributed by atoms with van der Waals surface area (Å²) in [5.41, 5.74) is 3.43. The molecule has 3 atom stereocenters. The molecule has 0 amide bonds. The average molecular weight is 467 g/mol. The number of hydrogen-bond acceptors (Lipinski definition) is 4. The van der Waals surface area contributed by atoms with E-state index in [1.807, 2.05) is 69.3 Å². The van der Waals surface area contributed by atoms with Crippen LogP contribution < -0.4 is 0 Å². The van der Waals surface area contributed by atoms with Crippen LogP contribution in [0.5, 0.6) is 0 Å². The number of benzene rings is 2. The first-order valence-corrected chi connectivity index (χ1v) is 12.4. The van der Waals surface area contributed by atoms with E-state index in [0.29, 0.717) is 17.5 Å². The van der Waals surface area contributed by atoms with Crippen molar-refractivity contribution in [1.29, 1.82) is 0 Å². The van der Waals surface area contributed by atoms with E-state index in [4.69, 9.17) is 9.47 Å². The molecule has 2 rings (SSSR count). The lowest BCUT2D eigenvalue weighted by Crippen LogP contribution is -2.36. The lowest BCUT2D eigenvalue weighted by molar-refractivity contribution is -0.0298. The zero-order valence-electron chi connectivity index (χ0n) is 22.4. The summed E-state index contributed by atoms with van der Waals surface area (Å²) in [6.07, 6.45) is 0.644. The summed E-state index contributed by atoms with van der Waals surface area (Å²) in [7, 11) is 0. The molecule has 186 valence electrons. The maximum absolute atomic E-state index is 12.8. The molecule has 0 bridgehead atoms. The van der Waals surface area contributed by atoms with E-state index in [-0.39, 0.29) is 40.9 Å². The van der Waals surface area contributed by atoms with Gasteiger partial charge in [0, 0.05) is 5.92 Å². The van der Waals surface area contributed by atoms with Gasteiger partial charge in [0.1, 0.15) is 12.2 Å². The molecule has 0 saturated carbocycles. The topological polar surface area (TPSA) is 52.6 Å². The third-order valence-electron chi connectivity index (χ3n) is 6.48. The van der Waals surface area contributed by atoms with E-state index in [1.54, 1.807) is 0 Å². The summed E-state index contributed by atoms with van der Waals surface area (Å²) in [5.74, 6) is -0.798. The molecule has 0 spiro atoms. The molecule has 0 saturated heterocycles. The van der Waals surface area contributed by atoms with Gasteiger partial charge in [-0.15, -0.1) is 0 Å². The highest BCUT2D eigenvalue weighted by molar-refractivity contribution is 5.90. The van der Waals surface area contributed by atoms with E-state index in [1.165, 1.54) is 5.56 Å². The van der Waals surface area contributed by atoms with Crippen LogP contribution in [0.4, 0.5) is 0 Å². The van der Waals surface area contributed by atoms with Gasteiger partial charge in [-0.3, -0.25) is 0 Å². The van der Waals surface area contributed by atoms with Crippen LogP contribution in [-0.4, -0.2) is 24.1 Å². The number of hydrogen-bond donors (Lipinski definition) is 0. The molecule has 0 aliphatic heterocycles. The molecule has 0 heterocycles. The Balaban J connectivity index is 2.07. The van der Waals surface area contributed by atoms with Gasteiger partial charge in [0.05, 0.1) is 11.1 Å². The van der Waals surface area contributed by atoms with Crippen molar-refractivity contribution in [3.05, 3.63) is 70.8 Å². The molecule has 34 heavy (non-hydrogen) atoms. The van der Waals surface area contributed by atoms with Crippen LogP contribution in [0.15, 0.2) is 48.5 Å². The van der Waals surface area contributed by atoms with Crippen molar-refractivity contribution >= 4 is 11.9 Å². The predicted octanol–water partition coefficient (Wildman–Crippen LogP) is 7.49. The minimum atomic E-state index is -0.388. The molecule has 4 heteroatoms. The van der Waals surface area contributed by atoms with Gasteiger partial charge in [-0.1, -0.05) is 79.7 Å². The number of esters is 2. The Morgan fingerprint density at radius 3 is 1.38 bits per heavy atom. The summed E-state index contributed by atoms with van der Waals surface area (Å²) in [4.78, 5) is 25.6. The molecule has 4 nitrogen and oxygen atoms in total. The second kappa shape index (κ2) is 11.2. The molecule has 0 radical (unpaired) electrons. The van der Waals surface area contributed by atoms with Gasteiger partial charge in [-0.25, -0.2) is 9.59 Å². The Morgan fingerprint density at radius 2 is 1.06 bits per heavy atom. The average Bonchev–Trinajstić information content (AvgIpc) is 2.77. The van der Waals surface area contributed by atoms with E-state index < -0.39 is 0 Å². The maximum atomic E-state index is 12.8. The fourth-order valence-corrected chi connectivity index (χ4v) is 4.11. The first-order valence-electron chi connectivity index (χ1n) is 12.4. The van der Waals surface area contributed by atoms with E-state index in [0.717, 1.165) is 12.0 Å². The fourth-order valence-electron chi connectivity index (χ4n) is 4.11. The zero-order chi connectivity index (χ0) is 25.7. The molecule has 0 aliphatic carbocycles. The Hall–Kier alpha value is -2.62. The molecule has 2 aromatic rings. The highest BCUT2D eigenvalue weighted by Gasteiger charge is 2.30. The van der Waals surface area contributed by atoms with Crippen molar-refractivity contribution in [2.24, 2.45) is 5.92 Å². The second-order valence-electron chi connectivity index (χ2n) is 11.2. The number of carbonyl (C=O) groups is 2. The molecule has 0 aromatic heterocycles. The van der Waals surface area contributed by atoms with E-state index >= 15 is 0 Å². The van der Waals surface area contributed by atoms with Crippen LogP contribution in [0.1, 0.15) is 107 Å². The Labute approximate surface area is 206 Å². The number of rotatable bonds is 8. The fraction of sp³-hybridized carbons (Fsp3) is 0.533. The van der Waals surface area contributed by atoms with Gasteiger partial charge < -0.3 is 9.47 Å². The van der Waals surface area contributed by atoms with Crippen LogP contribution >= 0.6 is 0 Å². The van der Waals surface area contributed by atoms with Crippen LogP contribution in [0.25, 0.3) is 0 Å². The smallest absolute Gasteiger partial charge is 0.338 e. The lowest BCUT2D eigenvalue weighted by Gasteiger charge is -2.30. The maximum Gasteiger partial charge on any atom is 0.338 e. The molecular formula is C30H42O4. The first-order chi connectivity index (χ1) is 15.8. The van der Waals surface area contributed by atoms with Crippen molar-refractivity contribution in [3.63, 3.8) is 0 Å². The first kappa shape index (κ1) is 27.6.